The van der Waals surface area contributed by atoms with E-state index in [1.165, 1.54) is 4.88 Å². The molecule has 3 N–H and O–H groups in total. The van der Waals surface area contributed by atoms with Gasteiger partial charge in [0.15, 0.2) is 5.96 Å². The van der Waals surface area contributed by atoms with Crippen LogP contribution in [0.1, 0.15) is 10.4 Å². The van der Waals surface area contributed by atoms with Crippen LogP contribution >= 0.6 is 11.3 Å². The number of hydrogen-bond acceptors (Lipinski definition) is 5. The molecule has 24 heavy (non-hydrogen) atoms. The fourth-order valence-corrected chi connectivity index (χ4v) is 3.32. The minimum Gasteiger partial charge on any atom is -0.378 e. The molecule has 0 unspecified atom stereocenters. The van der Waals surface area contributed by atoms with Crippen molar-refractivity contribution in [2.75, 3.05) is 37.7 Å². The predicted octanol–water partition coefficient (Wildman–Crippen LogP) is 1.63. The number of nitrogens with one attached hydrogen (secondary N) is 1. The number of thiophene rings is 1. The second kappa shape index (κ2) is 8.65. The fourth-order valence-electron chi connectivity index (χ4n) is 2.61. The maximum absolute atomic E-state index is 5.98. The zero-order chi connectivity index (χ0) is 16.6. The number of nitrogens with zero attached hydrogens (tertiary/aromatic N) is 3. The highest BCUT2D eigenvalue weighted by atomic mass is 32.1. The highest BCUT2D eigenvalue weighted by Crippen LogP contribution is 2.19. The summed E-state index contributed by atoms with van der Waals surface area (Å²) in [5.74, 6) is 1.46. The van der Waals surface area contributed by atoms with Gasteiger partial charge in [-0.2, -0.15) is 0 Å². The molecule has 2 aromatic heterocycles. The van der Waals surface area contributed by atoms with Gasteiger partial charge in [-0.3, -0.25) is 0 Å². The van der Waals surface area contributed by atoms with Crippen LogP contribution in [-0.2, 0) is 17.7 Å². The Morgan fingerprint density at radius 3 is 3.00 bits per heavy atom. The standard InChI is InChI=1S/C17H23N5OS/c18-17(20-7-5-15-4-2-12-24-15)21-13-14-3-1-6-19-16(14)22-8-10-23-11-9-22/h1-4,6,12H,5,7-11,13H2,(H3,18,20,21). The summed E-state index contributed by atoms with van der Waals surface area (Å²) < 4.78 is 5.41. The van der Waals surface area contributed by atoms with Crippen LogP contribution in [0.25, 0.3) is 0 Å². The van der Waals surface area contributed by atoms with E-state index >= 15 is 0 Å². The molecule has 7 heteroatoms. The lowest BCUT2D eigenvalue weighted by Crippen LogP contribution is -2.37. The molecule has 0 saturated carbocycles. The van der Waals surface area contributed by atoms with Gasteiger partial charge in [0.25, 0.3) is 0 Å². The number of aliphatic imine (C=N–C) groups is 1. The summed E-state index contributed by atoms with van der Waals surface area (Å²) in [5, 5.41) is 5.26. The highest BCUT2D eigenvalue weighted by molar-refractivity contribution is 7.09. The number of hydrogen-bond donors (Lipinski definition) is 2. The number of morpholine rings is 1. The number of nitrogens with two attached hydrogens (primary N) is 1. The lowest BCUT2D eigenvalue weighted by atomic mass is 10.2. The third-order valence-electron chi connectivity index (χ3n) is 3.86. The van der Waals surface area contributed by atoms with Crippen LogP contribution in [0.5, 0.6) is 0 Å². The van der Waals surface area contributed by atoms with Crippen molar-refractivity contribution in [1.29, 1.82) is 0 Å². The second-order valence-corrected chi connectivity index (χ2v) is 6.58. The van der Waals surface area contributed by atoms with Crippen molar-refractivity contribution in [3.63, 3.8) is 0 Å². The fraction of sp³-hybridized carbons (Fsp3) is 0.412. The van der Waals surface area contributed by atoms with Crippen LogP contribution in [0.15, 0.2) is 40.8 Å². The number of rotatable bonds is 6. The largest absolute Gasteiger partial charge is 0.378 e. The van der Waals surface area contributed by atoms with Gasteiger partial charge in [-0.1, -0.05) is 12.1 Å². The number of anilines is 1. The predicted molar refractivity (Wildman–Crippen MR) is 98.6 cm³/mol. The minimum atomic E-state index is 0.475. The molecule has 0 radical (unpaired) electrons. The number of aromatic nitrogens is 1. The third-order valence-corrected chi connectivity index (χ3v) is 4.79. The van der Waals surface area contributed by atoms with Gasteiger partial charge in [0.05, 0.1) is 19.8 Å². The number of ether oxygens (including phenoxy) is 1. The molecule has 1 aliphatic heterocycles. The van der Waals surface area contributed by atoms with Gasteiger partial charge < -0.3 is 20.7 Å². The molecule has 3 rings (SSSR count). The minimum absolute atomic E-state index is 0.475. The Balaban J connectivity index is 1.54. The van der Waals surface area contributed by atoms with Gasteiger partial charge in [-0.15, -0.1) is 11.3 Å². The number of pyridine rings is 1. The number of guanidine groups is 1. The van der Waals surface area contributed by atoms with Crippen molar-refractivity contribution in [2.45, 2.75) is 13.0 Å². The molecule has 128 valence electrons. The van der Waals surface area contributed by atoms with Crippen molar-refractivity contribution in [2.24, 2.45) is 10.7 Å². The van der Waals surface area contributed by atoms with Gasteiger partial charge >= 0.3 is 0 Å². The summed E-state index contributed by atoms with van der Waals surface area (Å²) in [7, 11) is 0. The topological polar surface area (TPSA) is 75.8 Å². The van der Waals surface area contributed by atoms with Crippen molar-refractivity contribution >= 4 is 23.1 Å². The van der Waals surface area contributed by atoms with Crippen molar-refractivity contribution < 1.29 is 4.74 Å². The van der Waals surface area contributed by atoms with Crippen LogP contribution in [0.3, 0.4) is 0 Å². The Bertz CT molecular complexity index is 653. The molecular weight excluding hydrogens is 322 g/mol. The average molecular weight is 345 g/mol. The van der Waals surface area contributed by atoms with E-state index in [2.05, 4.69) is 43.8 Å². The summed E-state index contributed by atoms with van der Waals surface area (Å²) in [6, 6.07) is 8.19. The first kappa shape index (κ1) is 16.7. The summed E-state index contributed by atoms with van der Waals surface area (Å²) in [5.41, 5.74) is 7.06. The van der Waals surface area contributed by atoms with E-state index in [-0.39, 0.29) is 0 Å². The van der Waals surface area contributed by atoms with Crippen molar-refractivity contribution in [3.8, 4) is 0 Å². The summed E-state index contributed by atoms with van der Waals surface area (Å²) in [6.45, 7) is 4.53. The Labute approximate surface area is 146 Å². The lowest BCUT2D eigenvalue weighted by Gasteiger charge is -2.29. The van der Waals surface area contributed by atoms with Gasteiger partial charge in [-0.05, 0) is 23.9 Å². The van der Waals surface area contributed by atoms with E-state index < -0.39 is 0 Å². The average Bonchev–Trinajstić information content (AvgIpc) is 3.14. The third kappa shape index (κ3) is 4.69. The van der Waals surface area contributed by atoms with E-state index in [0.717, 1.165) is 50.7 Å². The Hall–Kier alpha value is -2.12. The first-order chi connectivity index (χ1) is 11.8. The summed E-state index contributed by atoms with van der Waals surface area (Å²) in [6.07, 6.45) is 2.78. The monoisotopic (exact) mass is 345 g/mol. The van der Waals surface area contributed by atoms with Crippen LogP contribution < -0.4 is 16.0 Å². The normalized spacial score (nSPS) is 15.5. The lowest BCUT2D eigenvalue weighted by molar-refractivity contribution is 0.122. The van der Waals surface area contributed by atoms with Crippen molar-refractivity contribution in [1.82, 2.24) is 10.3 Å². The summed E-state index contributed by atoms with van der Waals surface area (Å²) >= 11 is 1.76. The maximum atomic E-state index is 5.98. The van der Waals surface area contributed by atoms with Crippen molar-refractivity contribution in [3.05, 3.63) is 46.3 Å². The molecule has 0 aromatic carbocycles. The molecule has 0 aliphatic carbocycles. The second-order valence-electron chi connectivity index (χ2n) is 5.54. The van der Waals surface area contributed by atoms with E-state index in [0.29, 0.717) is 12.5 Å². The smallest absolute Gasteiger partial charge is 0.188 e. The summed E-state index contributed by atoms with van der Waals surface area (Å²) in [4.78, 5) is 12.6. The Morgan fingerprint density at radius 2 is 2.21 bits per heavy atom. The van der Waals surface area contributed by atoms with Crippen LogP contribution in [0.4, 0.5) is 5.82 Å². The van der Waals surface area contributed by atoms with Crippen LogP contribution in [0.2, 0.25) is 0 Å². The molecule has 1 aliphatic rings. The SMILES string of the molecule is NC(=NCc1cccnc1N1CCOCC1)NCCc1cccs1. The molecule has 6 nitrogen and oxygen atoms in total. The molecular formula is C17H23N5OS. The maximum Gasteiger partial charge on any atom is 0.188 e. The van der Waals surface area contributed by atoms with Crippen LogP contribution in [-0.4, -0.2) is 43.8 Å². The zero-order valence-electron chi connectivity index (χ0n) is 13.6. The first-order valence-corrected chi connectivity index (χ1v) is 9.03. The van der Waals surface area contributed by atoms with Gasteiger partial charge in [0, 0.05) is 36.3 Å². The molecule has 1 fully saturated rings. The van der Waals surface area contributed by atoms with Gasteiger partial charge in [0.2, 0.25) is 0 Å². The van der Waals surface area contributed by atoms with E-state index in [1.807, 2.05) is 12.3 Å². The zero-order valence-corrected chi connectivity index (χ0v) is 14.5. The van der Waals surface area contributed by atoms with E-state index in [1.54, 1.807) is 11.3 Å². The van der Waals surface area contributed by atoms with Crippen LogP contribution in [0, 0.1) is 0 Å². The van der Waals surface area contributed by atoms with E-state index in [9.17, 15) is 0 Å². The Morgan fingerprint density at radius 1 is 1.33 bits per heavy atom. The molecule has 0 spiro atoms. The molecule has 0 bridgehead atoms. The quantitative estimate of drug-likeness (QED) is 0.615. The Kier molecular flexibility index (Phi) is 6.03. The van der Waals surface area contributed by atoms with Gasteiger partial charge in [0.1, 0.15) is 5.82 Å². The first-order valence-electron chi connectivity index (χ1n) is 8.15. The van der Waals surface area contributed by atoms with Gasteiger partial charge in [-0.25, -0.2) is 9.98 Å². The molecule has 1 saturated heterocycles. The molecule has 0 amide bonds. The van der Waals surface area contributed by atoms with E-state index in [4.69, 9.17) is 10.5 Å². The molecule has 3 heterocycles. The molecule has 0 atom stereocenters. The molecule has 2 aromatic rings. The highest BCUT2D eigenvalue weighted by Gasteiger charge is 2.15.